The van der Waals surface area contributed by atoms with Crippen LogP contribution in [0.25, 0.3) is 0 Å². The van der Waals surface area contributed by atoms with Gasteiger partial charge in [0.05, 0.1) is 6.26 Å². The predicted molar refractivity (Wildman–Crippen MR) is 93.2 cm³/mol. The van der Waals surface area contributed by atoms with E-state index in [1.807, 2.05) is 4.90 Å². The average Bonchev–Trinajstić information content (AvgIpc) is 3.37. The largest absolute Gasteiger partial charge is 0.459 e. The number of hydrogen-bond acceptors (Lipinski definition) is 4. The van der Waals surface area contributed by atoms with E-state index in [4.69, 9.17) is 4.42 Å². The molecule has 0 N–H and O–H groups in total. The first-order valence-corrected chi connectivity index (χ1v) is 9.54. The highest BCUT2D eigenvalue weighted by Gasteiger charge is 2.47. The van der Waals surface area contributed by atoms with Gasteiger partial charge in [-0.05, 0) is 57.3 Å². The zero-order chi connectivity index (χ0) is 17.3. The first-order chi connectivity index (χ1) is 12.2. The Hall–Kier alpha value is -1.82. The third-order valence-corrected chi connectivity index (χ3v) is 6.23. The van der Waals surface area contributed by atoms with Gasteiger partial charge in [-0.25, -0.2) is 0 Å². The first kappa shape index (κ1) is 16.6. The topological polar surface area (TPSA) is 57.0 Å². The molecule has 4 rings (SSSR count). The number of piperidine rings is 1. The average molecular weight is 345 g/mol. The fourth-order valence-corrected chi connectivity index (χ4v) is 4.69. The fourth-order valence-electron chi connectivity index (χ4n) is 4.69. The van der Waals surface area contributed by atoms with Crippen LogP contribution in [0, 0.1) is 0 Å². The minimum atomic E-state index is -0.0345. The molecule has 3 aliphatic heterocycles. The summed E-state index contributed by atoms with van der Waals surface area (Å²) in [4.78, 5) is 31.4. The van der Waals surface area contributed by atoms with Crippen LogP contribution in [0.15, 0.2) is 22.8 Å². The molecule has 2 amide bonds. The van der Waals surface area contributed by atoms with Crippen molar-refractivity contribution in [3.63, 3.8) is 0 Å². The smallest absolute Gasteiger partial charge is 0.289 e. The molecular weight excluding hydrogens is 318 g/mol. The van der Waals surface area contributed by atoms with E-state index in [0.717, 1.165) is 32.4 Å². The van der Waals surface area contributed by atoms with E-state index in [-0.39, 0.29) is 11.4 Å². The van der Waals surface area contributed by atoms with Crippen molar-refractivity contribution in [1.82, 2.24) is 14.7 Å². The minimum absolute atomic E-state index is 0.0310. The number of hydrogen-bond donors (Lipinski definition) is 0. The fraction of sp³-hybridized carbons (Fsp3) is 0.684. The summed E-state index contributed by atoms with van der Waals surface area (Å²) in [6, 6.07) is 3.46. The Kier molecular flexibility index (Phi) is 4.54. The molecule has 3 aliphatic rings. The lowest BCUT2D eigenvalue weighted by molar-refractivity contribution is -0.132. The van der Waals surface area contributed by atoms with Crippen LogP contribution in [0.2, 0.25) is 0 Å². The number of furan rings is 1. The van der Waals surface area contributed by atoms with Gasteiger partial charge in [-0.15, -0.1) is 0 Å². The summed E-state index contributed by atoms with van der Waals surface area (Å²) in [6.45, 7) is 5.56. The van der Waals surface area contributed by atoms with E-state index in [0.29, 0.717) is 31.2 Å². The zero-order valence-corrected chi connectivity index (χ0v) is 14.8. The van der Waals surface area contributed by atoms with Gasteiger partial charge in [0.1, 0.15) is 0 Å². The molecule has 6 heteroatoms. The van der Waals surface area contributed by atoms with Gasteiger partial charge < -0.3 is 19.1 Å². The number of rotatable bonds is 4. The van der Waals surface area contributed by atoms with Gasteiger partial charge in [0.2, 0.25) is 5.91 Å². The molecule has 0 aliphatic carbocycles. The summed E-state index contributed by atoms with van der Waals surface area (Å²) >= 11 is 0. The maximum absolute atomic E-state index is 12.5. The van der Waals surface area contributed by atoms with Crippen LogP contribution in [0.3, 0.4) is 0 Å². The maximum Gasteiger partial charge on any atom is 0.289 e. The molecule has 1 aromatic rings. The van der Waals surface area contributed by atoms with E-state index in [2.05, 4.69) is 9.80 Å². The quantitative estimate of drug-likeness (QED) is 0.837. The zero-order valence-electron chi connectivity index (χ0n) is 14.8. The van der Waals surface area contributed by atoms with Gasteiger partial charge in [0, 0.05) is 38.1 Å². The first-order valence-electron chi connectivity index (χ1n) is 9.54. The van der Waals surface area contributed by atoms with Crippen LogP contribution in [0.5, 0.6) is 0 Å². The molecule has 0 saturated carbocycles. The molecule has 0 radical (unpaired) electrons. The summed E-state index contributed by atoms with van der Waals surface area (Å²) in [6.07, 6.45) is 7.46. The van der Waals surface area contributed by atoms with E-state index in [1.165, 1.54) is 32.2 Å². The van der Waals surface area contributed by atoms with Crippen LogP contribution >= 0.6 is 0 Å². The number of carbonyl (C=O) groups excluding carboxylic acids is 2. The molecule has 3 fully saturated rings. The van der Waals surface area contributed by atoms with Gasteiger partial charge in [-0.1, -0.05) is 0 Å². The Morgan fingerprint density at radius 2 is 1.84 bits per heavy atom. The second-order valence-electron chi connectivity index (χ2n) is 7.59. The Morgan fingerprint density at radius 1 is 1.08 bits per heavy atom. The van der Waals surface area contributed by atoms with Crippen molar-refractivity contribution in [2.75, 3.05) is 39.3 Å². The Morgan fingerprint density at radius 3 is 2.52 bits per heavy atom. The van der Waals surface area contributed by atoms with Gasteiger partial charge in [-0.3, -0.25) is 9.59 Å². The third kappa shape index (κ3) is 3.19. The van der Waals surface area contributed by atoms with Crippen molar-refractivity contribution in [2.45, 2.75) is 44.1 Å². The maximum atomic E-state index is 12.5. The Labute approximate surface area is 148 Å². The second kappa shape index (κ2) is 6.83. The molecule has 1 spiro atoms. The standard InChI is InChI=1S/C19H27N3O3/c23-17-5-6-19(22(17)14-13-20-9-1-2-10-20)7-11-21(12-8-19)18(24)16-4-3-15-25-16/h3-4,15H,1-2,5-14H2. The number of nitrogens with zero attached hydrogens (tertiary/aromatic N) is 3. The van der Waals surface area contributed by atoms with Gasteiger partial charge >= 0.3 is 0 Å². The van der Waals surface area contributed by atoms with Gasteiger partial charge in [0.15, 0.2) is 5.76 Å². The van der Waals surface area contributed by atoms with Crippen molar-refractivity contribution in [3.8, 4) is 0 Å². The number of carbonyl (C=O) groups is 2. The highest BCUT2D eigenvalue weighted by molar-refractivity contribution is 5.91. The van der Waals surface area contributed by atoms with Crippen molar-refractivity contribution in [2.24, 2.45) is 0 Å². The Balaban J connectivity index is 1.38. The van der Waals surface area contributed by atoms with Crippen LogP contribution in [0.4, 0.5) is 0 Å². The third-order valence-electron chi connectivity index (χ3n) is 6.23. The lowest BCUT2D eigenvalue weighted by atomic mass is 9.85. The highest BCUT2D eigenvalue weighted by atomic mass is 16.3. The summed E-state index contributed by atoms with van der Waals surface area (Å²) in [5.41, 5.74) is -0.0310. The predicted octanol–water partition coefficient (Wildman–Crippen LogP) is 1.97. The van der Waals surface area contributed by atoms with Crippen LogP contribution in [-0.4, -0.2) is 71.3 Å². The lowest BCUT2D eigenvalue weighted by Crippen LogP contribution is -2.55. The Bertz CT molecular complexity index is 614. The molecular formula is C19H27N3O3. The minimum Gasteiger partial charge on any atom is -0.459 e. The summed E-state index contributed by atoms with van der Waals surface area (Å²) < 4.78 is 5.24. The van der Waals surface area contributed by atoms with Crippen LogP contribution in [0.1, 0.15) is 49.1 Å². The molecule has 0 atom stereocenters. The van der Waals surface area contributed by atoms with Gasteiger partial charge in [0.25, 0.3) is 5.91 Å². The molecule has 6 nitrogen and oxygen atoms in total. The van der Waals surface area contributed by atoms with Crippen molar-refractivity contribution >= 4 is 11.8 Å². The molecule has 0 bridgehead atoms. The number of amides is 2. The molecule has 0 aromatic carbocycles. The summed E-state index contributed by atoms with van der Waals surface area (Å²) in [5, 5.41) is 0. The summed E-state index contributed by atoms with van der Waals surface area (Å²) in [7, 11) is 0. The van der Waals surface area contributed by atoms with Gasteiger partial charge in [-0.2, -0.15) is 0 Å². The monoisotopic (exact) mass is 345 g/mol. The normalized spacial score (nSPS) is 23.8. The lowest BCUT2D eigenvalue weighted by Gasteiger charge is -2.45. The van der Waals surface area contributed by atoms with Crippen LogP contribution in [-0.2, 0) is 4.79 Å². The van der Waals surface area contributed by atoms with E-state index in [9.17, 15) is 9.59 Å². The molecule has 1 aromatic heterocycles. The molecule has 4 heterocycles. The van der Waals surface area contributed by atoms with Crippen LogP contribution < -0.4 is 0 Å². The van der Waals surface area contributed by atoms with Crippen molar-refractivity contribution < 1.29 is 14.0 Å². The second-order valence-corrected chi connectivity index (χ2v) is 7.59. The van der Waals surface area contributed by atoms with E-state index in [1.54, 1.807) is 12.1 Å². The molecule has 0 unspecified atom stereocenters. The van der Waals surface area contributed by atoms with Crippen molar-refractivity contribution in [1.29, 1.82) is 0 Å². The SMILES string of the molecule is O=C(c1ccco1)N1CCC2(CCC(=O)N2CCN2CCCC2)CC1. The highest BCUT2D eigenvalue weighted by Crippen LogP contribution is 2.39. The van der Waals surface area contributed by atoms with E-state index < -0.39 is 0 Å². The summed E-state index contributed by atoms with van der Waals surface area (Å²) in [5.74, 6) is 0.669. The molecule has 25 heavy (non-hydrogen) atoms. The van der Waals surface area contributed by atoms with E-state index >= 15 is 0 Å². The number of likely N-dealkylation sites (tertiary alicyclic amines) is 3. The molecule has 3 saturated heterocycles. The van der Waals surface area contributed by atoms with Crippen molar-refractivity contribution in [3.05, 3.63) is 24.2 Å². The molecule has 136 valence electrons.